The molecule has 1 aliphatic carbocycles. The second-order valence-electron chi connectivity index (χ2n) is 10.9. The lowest BCUT2D eigenvalue weighted by Gasteiger charge is -2.29. The second-order valence-corrected chi connectivity index (χ2v) is 10.9. The summed E-state index contributed by atoms with van der Waals surface area (Å²) in [5, 5.41) is 5.93. The number of hydrogen-bond donors (Lipinski definition) is 2. The molecule has 37 heavy (non-hydrogen) atoms. The van der Waals surface area contributed by atoms with Crippen LogP contribution in [-0.2, 0) is 15.9 Å². The minimum atomic E-state index is -0.377. The third-order valence-electron chi connectivity index (χ3n) is 7.88. The molecular formula is C31H52N2O4. The van der Waals surface area contributed by atoms with Crippen LogP contribution in [0.3, 0.4) is 0 Å². The van der Waals surface area contributed by atoms with Crippen molar-refractivity contribution in [1.82, 2.24) is 5.32 Å². The lowest BCUT2D eigenvalue weighted by molar-refractivity contribution is 0.116. The zero-order valence-corrected chi connectivity index (χ0v) is 23.9. The summed E-state index contributed by atoms with van der Waals surface area (Å²) < 4.78 is 11.0. The molecule has 2 amide bonds. The van der Waals surface area contributed by atoms with Gasteiger partial charge in [-0.05, 0) is 80.4 Å². The van der Waals surface area contributed by atoms with Gasteiger partial charge in [0.1, 0.15) is 0 Å². The van der Waals surface area contributed by atoms with Crippen molar-refractivity contribution in [2.75, 3.05) is 18.5 Å². The van der Waals surface area contributed by atoms with Gasteiger partial charge in [-0.1, -0.05) is 78.4 Å². The SMILES string of the molecule is CCCCC(CC)COC(=O)Nc1ccc(CC2CCC(NC(=O)OCC(CC)CCCC)CC2)cc1. The summed E-state index contributed by atoms with van der Waals surface area (Å²) in [4.78, 5) is 24.4. The molecule has 0 saturated heterocycles. The first-order chi connectivity index (χ1) is 18.0. The Bertz CT molecular complexity index is 759. The quantitative estimate of drug-likeness (QED) is 0.231. The molecule has 1 aromatic rings. The summed E-state index contributed by atoms with van der Waals surface area (Å²) in [5.41, 5.74) is 2.04. The first-order valence-corrected chi connectivity index (χ1v) is 14.9. The molecule has 1 saturated carbocycles. The molecule has 2 atom stereocenters. The molecule has 1 aromatic carbocycles. The summed E-state index contributed by atoms with van der Waals surface area (Å²) in [6.07, 6.45) is 13.6. The third kappa shape index (κ3) is 12.7. The van der Waals surface area contributed by atoms with Crippen LogP contribution in [0, 0.1) is 17.8 Å². The smallest absolute Gasteiger partial charge is 0.411 e. The number of rotatable bonds is 16. The van der Waals surface area contributed by atoms with E-state index in [-0.39, 0.29) is 18.2 Å². The lowest BCUT2D eigenvalue weighted by atomic mass is 9.82. The van der Waals surface area contributed by atoms with Crippen LogP contribution in [0.25, 0.3) is 0 Å². The van der Waals surface area contributed by atoms with E-state index in [1.54, 1.807) is 0 Å². The van der Waals surface area contributed by atoms with E-state index < -0.39 is 0 Å². The number of nitrogens with one attached hydrogen (secondary N) is 2. The molecule has 0 spiro atoms. The van der Waals surface area contributed by atoms with E-state index in [0.717, 1.165) is 63.5 Å². The van der Waals surface area contributed by atoms with Gasteiger partial charge < -0.3 is 14.8 Å². The molecular weight excluding hydrogens is 464 g/mol. The van der Waals surface area contributed by atoms with Gasteiger partial charge in [0.2, 0.25) is 0 Å². The Balaban J connectivity index is 1.65. The Labute approximate surface area is 225 Å². The van der Waals surface area contributed by atoms with Gasteiger partial charge in [0.25, 0.3) is 0 Å². The molecule has 0 heterocycles. The molecule has 2 rings (SSSR count). The standard InChI is InChI=1S/C31H52N2O4/c1-5-9-11-24(7-3)22-36-30(34)32-28-17-13-26(14-18-28)21-27-15-19-29(20-16-27)33-31(35)37-23-25(8-4)12-10-6-2/h13-14,17-18,24-25,27,29H,5-12,15-16,19-23H2,1-4H3,(H,32,34)(H,33,35). The topological polar surface area (TPSA) is 76.7 Å². The van der Waals surface area contributed by atoms with Crippen molar-refractivity contribution < 1.29 is 19.1 Å². The number of alkyl carbamates (subject to hydrolysis) is 1. The van der Waals surface area contributed by atoms with Crippen LogP contribution in [0.4, 0.5) is 15.3 Å². The van der Waals surface area contributed by atoms with Crippen molar-refractivity contribution in [1.29, 1.82) is 0 Å². The first-order valence-electron chi connectivity index (χ1n) is 14.9. The van der Waals surface area contributed by atoms with Gasteiger partial charge in [0.05, 0.1) is 13.2 Å². The number of ether oxygens (including phenoxy) is 2. The number of carbonyl (C=O) groups is 2. The molecule has 210 valence electrons. The highest BCUT2D eigenvalue weighted by atomic mass is 16.6. The van der Waals surface area contributed by atoms with E-state index >= 15 is 0 Å². The fraction of sp³-hybridized carbons (Fsp3) is 0.742. The van der Waals surface area contributed by atoms with Gasteiger partial charge in [-0.25, -0.2) is 9.59 Å². The van der Waals surface area contributed by atoms with E-state index in [1.165, 1.54) is 31.2 Å². The van der Waals surface area contributed by atoms with Crippen LogP contribution in [0.1, 0.15) is 110 Å². The van der Waals surface area contributed by atoms with E-state index in [4.69, 9.17) is 9.47 Å². The number of carbonyl (C=O) groups excluding carboxylic acids is 2. The van der Waals surface area contributed by atoms with Gasteiger partial charge in [0, 0.05) is 11.7 Å². The summed E-state index contributed by atoms with van der Waals surface area (Å²) in [5.74, 6) is 1.52. The Hall–Kier alpha value is -2.24. The molecule has 6 nitrogen and oxygen atoms in total. The molecule has 2 N–H and O–H groups in total. The van der Waals surface area contributed by atoms with Crippen molar-refractivity contribution in [2.45, 2.75) is 117 Å². The number of hydrogen-bond acceptors (Lipinski definition) is 4. The molecule has 2 unspecified atom stereocenters. The summed E-state index contributed by atoms with van der Waals surface area (Å²) in [6, 6.07) is 8.31. The second kappa shape index (κ2) is 18.1. The summed E-state index contributed by atoms with van der Waals surface area (Å²) in [7, 11) is 0. The molecule has 0 aliphatic heterocycles. The average molecular weight is 517 g/mol. The largest absolute Gasteiger partial charge is 0.449 e. The van der Waals surface area contributed by atoms with Crippen LogP contribution in [0.5, 0.6) is 0 Å². The summed E-state index contributed by atoms with van der Waals surface area (Å²) in [6.45, 7) is 9.70. The predicted octanol–water partition coefficient (Wildman–Crippen LogP) is 8.50. The zero-order chi connectivity index (χ0) is 26.9. The molecule has 6 heteroatoms. The maximum atomic E-state index is 12.2. The van der Waals surface area contributed by atoms with Gasteiger partial charge in [-0.2, -0.15) is 0 Å². The van der Waals surface area contributed by atoms with Crippen molar-refractivity contribution in [3.05, 3.63) is 29.8 Å². The molecule has 1 aliphatic rings. The maximum Gasteiger partial charge on any atom is 0.411 e. The normalized spacial score (nSPS) is 19.0. The van der Waals surface area contributed by atoms with Crippen LogP contribution in [0.15, 0.2) is 24.3 Å². The highest BCUT2D eigenvalue weighted by Gasteiger charge is 2.23. The van der Waals surface area contributed by atoms with Crippen LogP contribution in [-0.4, -0.2) is 31.4 Å². The number of benzene rings is 1. The number of unbranched alkanes of at least 4 members (excludes halogenated alkanes) is 2. The van der Waals surface area contributed by atoms with Gasteiger partial charge in [0.15, 0.2) is 0 Å². The summed E-state index contributed by atoms with van der Waals surface area (Å²) >= 11 is 0. The minimum Gasteiger partial charge on any atom is -0.449 e. The van der Waals surface area contributed by atoms with Crippen LogP contribution >= 0.6 is 0 Å². The Morgan fingerprint density at radius 1 is 0.811 bits per heavy atom. The van der Waals surface area contributed by atoms with Gasteiger partial charge >= 0.3 is 12.2 Å². The average Bonchev–Trinajstić information content (AvgIpc) is 2.91. The zero-order valence-electron chi connectivity index (χ0n) is 23.9. The maximum absolute atomic E-state index is 12.2. The van der Waals surface area contributed by atoms with Crippen LogP contribution < -0.4 is 10.6 Å². The van der Waals surface area contributed by atoms with E-state index in [9.17, 15) is 9.59 Å². The predicted molar refractivity (Wildman–Crippen MR) is 152 cm³/mol. The first kappa shape index (κ1) is 31.0. The van der Waals surface area contributed by atoms with Crippen molar-refractivity contribution >= 4 is 17.9 Å². The van der Waals surface area contributed by atoms with E-state index in [1.807, 2.05) is 12.1 Å². The fourth-order valence-electron chi connectivity index (χ4n) is 5.11. The van der Waals surface area contributed by atoms with Crippen LogP contribution in [0.2, 0.25) is 0 Å². The third-order valence-corrected chi connectivity index (χ3v) is 7.88. The van der Waals surface area contributed by atoms with Crippen molar-refractivity contribution in [2.24, 2.45) is 17.8 Å². The Morgan fingerprint density at radius 3 is 1.86 bits per heavy atom. The molecule has 0 radical (unpaired) electrons. The number of amides is 2. The Kier molecular flexibility index (Phi) is 15.1. The van der Waals surface area contributed by atoms with Gasteiger partial charge in [-0.15, -0.1) is 0 Å². The monoisotopic (exact) mass is 516 g/mol. The highest BCUT2D eigenvalue weighted by Crippen LogP contribution is 2.28. The Morgan fingerprint density at radius 2 is 1.35 bits per heavy atom. The highest BCUT2D eigenvalue weighted by molar-refractivity contribution is 5.84. The minimum absolute atomic E-state index is 0.214. The van der Waals surface area contributed by atoms with E-state index in [0.29, 0.717) is 31.0 Å². The van der Waals surface area contributed by atoms with Crippen molar-refractivity contribution in [3.8, 4) is 0 Å². The molecule has 0 bridgehead atoms. The number of anilines is 1. The van der Waals surface area contributed by atoms with Crippen molar-refractivity contribution in [3.63, 3.8) is 0 Å². The molecule has 0 aromatic heterocycles. The van der Waals surface area contributed by atoms with Gasteiger partial charge in [-0.3, -0.25) is 5.32 Å². The fourth-order valence-corrected chi connectivity index (χ4v) is 5.11. The van der Waals surface area contributed by atoms with E-state index in [2.05, 4.69) is 50.5 Å². The lowest BCUT2D eigenvalue weighted by Crippen LogP contribution is -2.38. The molecule has 1 fully saturated rings.